The van der Waals surface area contributed by atoms with Gasteiger partial charge in [-0.3, -0.25) is 9.97 Å². The Morgan fingerprint density at radius 2 is 2.03 bits per heavy atom. The minimum Gasteiger partial charge on any atom is -0.364 e. The highest BCUT2D eigenvalue weighted by Gasteiger charge is 2.17. The van der Waals surface area contributed by atoms with Crippen molar-refractivity contribution in [2.45, 2.75) is 37.1 Å². The molecule has 8 nitrogen and oxygen atoms in total. The van der Waals surface area contributed by atoms with Crippen LogP contribution in [0.5, 0.6) is 0 Å². The third-order valence-corrected chi connectivity index (χ3v) is 8.24. The van der Waals surface area contributed by atoms with Gasteiger partial charge in [-0.25, -0.2) is 9.97 Å². The molecule has 5 rings (SSSR count). The first-order valence-electron chi connectivity index (χ1n) is 11.5. The third kappa shape index (κ3) is 6.15. The highest BCUT2D eigenvalue weighted by Crippen LogP contribution is 2.35. The lowest BCUT2D eigenvalue weighted by molar-refractivity contribution is 0.476. The van der Waals surface area contributed by atoms with Crippen LogP contribution in [0.2, 0.25) is 0 Å². The molecular weight excluding hydrogens is 511 g/mol. The lowest BCUT2D eigenvalue weighted by atomic mass is 9.90. The van der Waals surface area contributed by atoms with E-state index in [1.54, 1.807) is 18.6 Å². The molecule has 0 bridgehead atoms. The van der Waals surface area contributed by atoms with Crippen LogP contribution in [0.1, 0.15) is 31.4 Å². The molecule has 11 heteroatoms. The van der Waals surface area contributed by atoms with E-state index in [-0.39, 0.29) is 0 Å². The van der Waals surface area contributed by atoms with Crippen LogP contribution in [0.25, 0.3) is 23.0 Å². The number of allylic oxidation sites excluding steroid dienone is 4. The van der Waals surface area contributed by atoms with E-state index in [9.17, 15) is 9.79 Å². The molecule has 3 aromatic heterocycles. The maximum absolute atomic E-state index is 9.50. The van der Waals surface area contributed by atoms with Gasteiger partial charge in [-0.15, -0.1) is 0 Å². The normalized spacial score (nSPS) is 15.2. The number of anilines is 1. The summed E-state index contributed by atoms with van der Waals surface area (Å²) >= 11 is 5.67. The van der Waals surface area contributed by atoms with Crippen molar-refractivity contribution < 1.29 is 9.79 Å². The lowest BCUT2D eigenvalue weighted by Crippen LogP contribution is -2.37. The summed E-state index contributed by atoms with van der Waals surface area (Å²) in [5.74, 6) is 1.30. The lowest BCUT2D eigenvalue weighted by Gasteiger charge is -2.19. The smallest absolute Gasteiger partial charge is 0.266 e. The number of nitrogens with one attached hydrogen (secondary N) is 2. The summed E-state index contributed by atoms with van der Waals surface area (Å²) in [7, 11) is 0. The number of nitrogens with zero attached hydrogens (tertiary/aromatic N) is 4. The summed E-state index contributed by atoms with van der Waals surface area (Å²) in [6.45, 7) is -3.01. The monoisotopic (exact) mass is 536 g/mol. The molecule has 0 saturated carbocycles. The molecule has 3 heterocycles. The van der Waals surface area contributed by atoms with Crippen LogP contribution >= 0.6 is 18.6 Å². The van der Waals surface area contributed by atoms with Crippen LogP contribution in [0.3, 0.4) is 0 Å². The maximum Gasteiger partial charge on any atom is 0.266 e. The van der Waals surface area contributed by atoms with Crippen molar-refractivity contribution in [2.75, 3.05) is 5.32 Å². The largest absolute Gasteiger partial charge is 0.364 e. The zero-order chi connectivity index (χ0) is 25.0. The fourth-order valence-electron chi connectivity index (χ4n) is 4.22. The predicted molar refractivity (Wildman–Crippen MR) is 147 cm³/mol. The fourth-order valence-corrected chi connectivity index (χ4v) is 5.75. The van der Waals surface area contributed by atoms with Gasteiger partial charge in [0, 0.05) is 34.3 Å². The van der Waals surface area contributed by atoms with Gasteiger partial charge in [0.05, 0.1) is 17.6 Å². The van der Waals surface area contributed by atoms with Crippen LogP contribution in [-0.4, -0.2) is 29.7 Å². The zero-order valence-corrected chi connectivity index (χ0v) is 21.9. The van der Waals surface area contributed by atoms with Gasteiger partial charge in [0.15, 0.2) is 5.82 Å². The summed E-state index contributed by atoms with van der Waals surface area (Å²) in [4.78, 5) is 38.3. The summed E-state index contributed by atoms with van der Waals surface area (Å²) in [5.41, 5.74) is 4.26. The Morgan fingerprint density at radius 3 is 2.81 bits per heavy atom. The van der Waals surface area contributed by atoms with Crippen molar-refractivity contribution in [2.24, 2.45) is 0 Å². The molecule has 0 atom stereocenters. The highest BCUT2D eigenvalue weighted by atomic mass is 32.5. The van der Waals surface area contributed by atoms with Crippen molar-refractivity contribution in [3.8, 4) is 11.4 Å². The van der Waals surface area contributed by atoms with Crippen molar-refractivity contribution in [3.05, 3.63) is 82.9 Å². The third-order valence-electron chi connectivity index (χ3n) is 5.79. The second-order valence-corrected chi connectivity index (χ2v) is 12.4. The molecule has 184 valence electrons. The fraction of sp³-hybridized carbons (Fsp3) is 0.200. The van der Waals surface area contributed by atoms with Gasteiger partial charge in [0.1, 0.15) is 5.82 Å². The Kier molecular flexibility index (Phi) is 7.71. The van der Waals surface area contributed by atoms with Crippen molar-refractivity contribution in [3.63, 3.8) is 0 Å². The number of hydrogen-bond acceptors (Lipinski definition) is 7. The molecule has 0 radical (unpaired) electrons. The molecule has 0 spiro atoms. The Bertz CT molecular complexity index is 1500. The predicted octanol–water partition coefficient (Wildman–Crippen LogP) is 3.35. The zero-order valence-electron chi connectivity index (χ0n) is 19.3. The number of pyridine rings is 2. The first kappa shape index (κ1) is 25.0. The van der Waals surface area contributed by atoms with Crippen molar-refractivity contribution >= 4 is 47.9 Å². The minimum atomic E-state index is -3.55. The van der Waals surface area contributed by atoms with Gasteiger partial charge in [-0.2, -0.15) is 4.49 Å². The van der Waals surface area contributed by atoms with Crippen LogP contribution in [-0.2, 0) is 18.4 Å². The number of hydrogen-bond donors (Lipinski definition) is 4. The van der Waals surface area contributed by atoms with Crippen LogP contribution in [0.4, 0.5) is 5.82 Å². The Balaban J connectivity index is 1.60. The minimum absolute atomic E-state index is 0.533. The van der Waals surface area contributed by atoms with Gasteiger partial charge in [0.25, 0.3) is 6.64 Å². The van der Waals surface area contributed by atoms with E-state index in [1.165, 1.54) is 11.1 Å². The van der Waals surface area contributed by atoms with Crippen LogP contribution < -0.4 is 20.4 Å². The molecule has 0 aliphatic heterocycles. The topological polar surface area (TPSA) is 116 Å². The Hall–Kier alpha value is -2.72. The first-order chi connectivity index (χ1) is 17.5. The van der Waals surface area contributed by atoms with E-state index in [4.69, 9.17) is 9.97 Å². The molecule has 36 heavy (non-hydrogen) atoms. The molecule has 0 fully saturated rings. The Labute approximate surface area is 218 Å². The second-order valence-electron chi connectivity index (χ2n) is 8.36. The maximum atomic E-state index is 9.50. The molecule has 2 aliphatic rings. The quantitative estimate of drug-likeness (QED) is 0.252. The molecule has 0 unspecified atom stereocenters. The molecule has 2 aliphatic carbocycles. The number of aromatic nitrogens is 4. The number of fused-ring (bicyclic) bond motifs is 1. The van der Waals surface area contributed by atoms with E-state index in [0.717, 1.165) is 65.3 Å². The molecule has 3 aromatic rings. The first-order valence-corrected chi connectivity index (χ1v) is 15.0. The molecule has 0 aromatic carbocycles. The van der Waals surface area contributed by atoms with E-state index < -0.39 is 6.64 Å². The van der Waals surface area contributed by atoms with E-state index in [2.05, 4.69) is 55.9 Å². The SMILES string of the molecule is OP(O)(=S)NSc1cncc(-c2nc(NCc3ccccn3)c3c(n2)=CCCC=3C2=CC=CCC2)c1. The van der Waals surface area contributed by atoms with E-state index in [0.29, 0.717) is 17.3 Å². The molecule has 0 amide bonds. The summed E-state index contributed by atoms with van der Waals surface area (Å²) < 4.78 is 2.49. The summed E-state index contributed by atoms with van der Waals surface area (Å²) in [5, 5.41) is 5.46. The van der Waals surface area contributed by atoms with Gasteiger partial charge in [0.2, 0.25) is 0 Å². The van der Waals surface area contributed by atoms with Gasteiger partial charge in [-0.05, 0) is 78.8 Å². The highest BCUT2D eigenvalue weighted by molar-refractivity contribution is 8.15. The standard InChI is InChI=1S/C25H25N6O2PS2/c32-34(33,35)31-36-20-13-18(14-26-16-20)24-29-22-11-6-10-21(17-7-2-1-3-8-17)23(22)25(30-24)28-15-19-9-4-5-12-27-19/h1-2,4-5,7,9,11-14,16H,3,6,8,10,15H2,(H,28,29,30)(H3,31,32,33,35). The summed E-state index contributed by atoms with van der Waals surface area (Å²) in [6, 6.07) is 7.70. The number of rotatable bonds is 8. The molecular formula is C25H25N6O2PS2. The van der Waals surface area contributed by atoms with Gasteiger partial charge in [-0.1, -0.05) is 30.4 Å². The average Bonchev–Trinajstić information content (AvgIpc) is 2.91. The van der Waals surface area contributed by atoms with Crippen molar-refractivity contribution in [1.82, 2.24) is 24.4 Å². The van der Waals surface area contributed by atoms with Gasteiger partial charge >= 0.3 is 0 Å². The van der Waals surface area contributed by atoms with Crippen LogP contribution in [0, 0.1) is 0 Å². The Morgan fingerprint density at radius 1 is 1.11 bits per heavy atom. The average molecular weight is 537 g/mol. The van der Waals surface area contributed by atoms with Crippen molar-refractivity contribution in [1.29, 1.82) is 0 Å². The second kappa shape index (κ2) is 11.1. The van der Waals surface area contributed by atoms with E-state index in [1.807, 2.05) is 24.3 Å². The van der Waals surface area contributed by atoms with Gasteiger partial charge < -0.3 is 15.1 Å². The molecule has 4 N–H and O–H groups in total. The van der Waals surface area contributed by atoms with E-state index >= 15 is 0 Å². The van der Waals surface area contributed by atoms with Crippen LogP contribution in [0.15, 0.2) is 71.6 Å². The molecule has 0 saturated heterocycles. The summed E-state index contributed by atoms with van der Waals surface area (Å²) in [6.07, 6.45) is 17.7.